The SMILES string of the molecule is CCCc1nc(N)c(C)c(N(C)C2CCCCC2C)n1. The van der Waals surface area contributed by atoms with Crippen LogP contribution in [-0.2, 0) is 6.42 Å². The van der Waals surface area contributed by atoms with Crippen LogP contribution in [0.4, 0.5) is 11.6 Å². The van der Waals surface area contributed by atoms with Gasteiger partial charge in [0.05, 0.1) is 0 Å². The molecule has 2 atom stereocenters. The molecule has 2 N–H and O–H groups in total. The molecule has 20 heavy (non-hydrogen) atoms. The molecule has 112 valence electrons. The maximum atomic E-state index is 6.08. The van der Waals surface area contributed by atoms with Crippen molar-refractivity contribution in [3.8, 4) is 0 Å². The van der Waals surface area contributed by atoms with Gasteiger partial charge in [0.1, 0.15) is 17.5 Å². The number of hydrogen-bond donors (Lipinski definition) is 1. The van der Waals surface area contributed by atoms with Crippen molar-refractivity contribution in [2.75, 3.05) is 17.7 Å². The molecule has 4 heteroatoms. The maximum absolute atomic E-state index is 6.08. The molecule has 1 saturated carbocycles. The molecule has 0 spiro atoms. The van der Waals surface area contributed by atoms with Crippen LogP contribution in [0, 0.1) is 12.8 Å². The Morgan fingerprint density at radius 2 is 1.95 bits per heavy atom. The minimum atomic E-state index is 0.575. The van der Waals surface area contributed by atoms with Gasteiger partial charge in [0.25, 0.3) is 0 Å². The molecule has 1 aliphatic carbocycles. The highest BCUT2D eigenvalue weighted by Crippen LogP contribution is 2.32. The number of nitrogens with zero attached hydrogens (tertiary/aromatic N) is 3. The Hall–Kier alpha value is -1.32. The molecular weight excluding hydrogens is 248 g/mol. The first kappa shape index (κ1) is 15.1. The lowest BCUT2D eigenvalue weighted by molar-refractivity contribution is 0.320. The van der Waals surface area contributed by atoms with Crippen molar-refractivity contribution in [2.24, 2.45) is 5.92 Å². The zero-order valence-electron chi connectivity index (χ0n) is 13.3. The summed E-state index contributed by atoms with van der Waals surface area (Å²) in [5.74, 6) is 3.26. The molecule has 0 amide bonds. The summed E-state index contributed by atoms with van der Waals surface area (Å²) in [5.41, 5.74) is 7.09. The number of anilines is 2. The monoisotopic (exact) mass is 276 g/mol. The number of nitrogens with two attached hydrogens (primary N) is 1. The molecule has 1 aromatic rings. The zero-order chi connectivity index (χ0) is 14.7. The van der Waals surface area contributed by atoms with Crippen LogP contribution in [-0.4, -0.2) is 23.1 Å². The number of aryl methyl sites for hydroxylation is 1. The fourth-order valence-electron chi connectivity index (χ4n) is 3.28. The lowest BCUT2D eigenvalue weighted by atomic mass is 9.85. The van der Waals surface area contributed by atoms with E-state index < -0.39 is 0 Å². The van der Waals surface area contributed by atoms with Crippen molar-refractivity contribution in [1.29, 1.82) is 0 Å². The van der Waals surface area contributed by atoms with Gasteiger partial charge >= 0.3 is 0 Å². The molecule has 0 aromatic carbocycles. The van der Waals surface area contributed by atoms with E-state index in [0.717, 1.165) is 36.0 Å². The van der Waals surface area contributed by atoms with Gasteiger partial charge in [-0.2, -0.15) is 0 Å². The van der Waals surface area contributed by atoms with Crippen molar-refractivity contribution in [3.63, 3.8) is 0 Å². The number of rotatable bonds is 4. The van der Waals surface area contributed by atoms with Crippen molar-refractivity contribution in [2.45, 2.75) is 65.3 Å². The topological polar surface area (TPSA) is 55.0 Å². The van der Waals surface area contributed by atoms with Crippen LogP contribution in [0.25, 0.3) is 0 Å². The standard InChI is InChI=1S/C16H28N4/c1-5-8-14-18-15(17)12(3)16(19-14)20(4)13-10-7-6-9-11(13)2/h11,13H,5-10H2,1-4H3,(H2,17,18,19). The summed E-state index contributed by atoms with van der Waals surface area (Å²) in [6.07, 6.45) is 7.19. The third-order valence-corrected chi connectivity index (χ3v) is 4.58. The predicted octanol–water partition coefficient (Wildman–Crippen LogP) is 3.33. The number of hydrogen-bond acceptors (Lipinski definition) is 4. The van der Waals surface area contributed by atoms with Crippen LogP contribution >= 0.6 is 0 Å². The molecule has 0 aliphatic heterocycles. The molecule has 0 bridgehead atoms. The third-order valence-electron chi connectivity index (χ3n) is 4.58. The van der Waals surface area contributed by atoms with E-state index in [-0.39, 0.29) is 0 Å². The minimum absolute atomic E-state index is 0.575. The zero-order valence-corrected chi connectivity index (χ0v) is 13.3. The van der Waals surface area contributed by atoms with E-state index in [0.29, 0.717) is 11.9 Å². The van der Waals surface area contributed by atoms with E-state index in [9.17, 15) is 0 Å². The lowest BCUT2D eigenvalue weighted by Crippen LogP contribution is -2.40. The summed E-state index contributed by atoms with van der Waals surface area (Å²) < 4.78 is 0. The molecule has 1 aliphatic rings. The smallest absolute Gasteiger partial charge is 0.137 e. The van der Waals surface area contributed by atoms with Crippen LogP contribution in [0.3, 0.4) is 0 Å². The average Bonchev–Trinajstić information content (AvgIpc) is 2.43. The van der Waals surface area contributed by atoms with Gasteiger partial charge in [0.2, 0.25) is 0 Å². The van der Waals surface area contributed by atoms with Gasteiger partial charge in [-0.05, 0) is 32.1 Å². The largest absolute Gasteiger partial charge is 0.383 e. The van der Waals surface area contributed by atoms with Gasteiger partial charge in [-0.25, -0.2) is 9.97 Å². The van der Waals surface area contributed by atoms with Crippen LogP contribution in [0.2, 0.25) is 0 Å². The predicted molar refractivity (Wildman–Crippen MR) is 85.0 cm³/mol. The summed E-state index contributed by atoms with van der Waals surface area (Å²) in [7, 11) is 2.16. The molecule has 0 radical (unpaired) electrons. The molecule has 0 saturated heterocycles. The van der Waals surface area contributed by atoms with Crippen molar-refractivity contribution < 1.29 is 0 Å². The second kappa shape index (κ2) is 6.42. The van der Waals surface area contributed by atoms with E-state index in [4.69, 9.17) is 10.7 Å². The number of aromatic nitrogens is 2. The Balaban J connectivity index is 2.30. The second-order valence-corrected chi connectivity index (χ2v) is 6.16. The quantitative estimate of drug-likeness (QED) is 0.916. The van der Waals surface area contributed by atoms with Gasteiger partial charge < -0.3 is 10.6 Å². The summed E-state index contributed by atoms with van der Waals surface area (Å²) >= 11 is 0. The first-order valence-corrected chi connectivity index (χ1v) is 7.90. The highest BCUT2D eigenvalue weighted by Gasteiger charge is 2.27. The second-order valence-electron chi connectivity index (χ2n) is 6.16. The van der Waals surface area contributed by atoms with E-state index >= 15 is 0 Å². The fourth-order valence-corrected chi connectivity index (χ4v) is 3.28. The van der Waals surface area contributed by atoms with Crippen LogP contribution < -0.4 is 10.6 Å². The van der Waals surface area contributed by atoms with Crippen LogP contribution in [0.5, 0.6) is 0 Å². The Bertz CT molecular complexity index is 458. The summed E-state index contributed by atoms with van der Waals surface area (Å²) in [6, 6.07) is 0.575. The van der Waals surface area contributed by atoms with Crippen molar-refractivity contribution >= 4 is 11.6 Å². The van der Waals surface area contributed by atoms with E-state index in [1.165, 1.54) is 25.7 Å². The van der Waals surface area contributed by atoms with Crippen LogP contribution in [0.15, 0.2) is 0 Å². The Morgan fingerprint density at radius 1 is 1.25 bits per heavy atom. The molecule has 2 rings (SSSR count). The van der Waals surface area contributed by atoms with Crippen molar-refractivity contribution in [1.82, 2.24) is 9.97 Å². The molecule has 1 aromatic heterocycles. The van der Waals surface area contributed by atoms with Crippen molar-refractivity contribution in [3.05, 3.63) is 11.4 Å². The molecule has 1 heterocycles. The number of nitrogen functional groups attached to an aromatic ring is 1. The van der Waals surface area contributed by atoms with Gasteiger partial charge in [-0.15, -0.1) is 0 Å². The Morgan fingerprint density at radius 3 is 2.60 bits per heavy atom. The highest BCUT2D eigenvalue weighted by atomic mass is 15.2. The summed E-state index contributed by atoms with van der Waals surface area (Å²) in [5, 5.41) is 0. The Labute approximate surface area is 122 Å². The van der Waals surface area contributed by atoms with E-state index in [1.807, 2.05) is 6.92 Å². The van der Waals surface area contributed by atoms with E-state index in [2.05, 4.69) is 30.8 Å². The lowest BCUT2D eigenvalue weighted by Gasteiger charge is -2.37. The van der Waals surface area contributed by atoms with Gasteiger partial charge in [-0.1, -0.05) is 26.7 Å². The Kier molecular flexibility index (Phi) is 4.84. The normalized spacial score (nSPS) is 22.8. The maximum Gasteiger partial charge on any atom is 0.137 e. The molecular formula is C16H28N4. The highest BCUT2D eigenvalue weighted by molar-refractivity contribution is 5.56. The third kappa shape index (κ3) is 3.05. The minimum Gasteiger partial charge on any atom is -0.383 e. The van der Waals surface area contributed by atoms with Gasteiger partial charge in [-0.3, -0.25) is 0 Å². The molecule has 4 nitrogen and oxygen atoms in total. The molecule has 2 unspecified atom stereocenters. The molecule has 1 fully saturated rings. The van der Waals surface area contributed by atoms with Gasteiger partial charge in [0.15, 0.2) is 0 Å². The summed E-state index contributed by atoms with van der Waals surface area (Å²) in [4.78, 5) is 11.5. The average molecular weight is 276 g/mol. The summed E-state index contributed by atoms with van der Waals surface area (Å²) in [6.45, 7) is 6.53. The van der Waals surface area contributed by atoms with Crippen LogP contribution in [0.1, 0.15) is 57.3 Å². The van der Waals surface area contributed by atoms with E-state index in [1.54, 1.807) is 0 Å². The van der Waals surface area contributed by atoms with Gasteiger partial charge in [0, 0.05) is 25.1 Å². The first-order chi connectivity index (χ1) is 9.54. The fraction of sp³-hybridized carbons (Fsp3) is 0.750. The first-order valence-electron chi connectivity index (χ1n) is 7.90.